The van der Waals surface area contributed by atoms with Crippen molar-refractivity contribution in [1.29, 1.82) is 0 Å². The molecule has 0 saturated carbocycles. The van der Waals surface area contributed by atoms with E-state index in [0.717, 1.165) is 23.5 Å². The number of nitro benzene ring substituents is 1. The number of pyridine rings is 1. The minimum atomic E-state index is -4.06. The number of carbonyl (C=O) groups excluding carboxylic acids is 1. The fourth-order valence-electron chi connectivity index (χ4n) is 2.55. The van der Waals surface area contributed by atoms with Crippen LogP contribution in [0.1, 0.15) is 12.0 Å². The van der Waals surface area contributed by atoms with Crippen molar-refractivity contribution < 1.29 is 18.1 Å². The third-order valence-electron chi connectivity index (χ3n) is 3.93. The molecule has 0 aliphatic carbocycles. The topological polar surface area (TPSA) is 161 Å². The monoisotopic (exact) mass is 422 g/mol. The van der Waals surface area contributed by atoms with Crippen molar-refractivity contribution in [2.45, 2.75) is 17.9 Å². The normalized spacial score (nSPS) is 11.0. The highest BCUT2D eigenvalue weighted by Crippen LogP contribution is 2.27. The molecule has 0 aliphatic rings. The number of rotatable bonds is 9. The molecule has 1 aromatic carbocycles. The van der Waals surface area contributed by atoms with Crippen molar-refractivity contribution in [2.24, 2.45) is 5.14 Å². The summed E-state index contributed by atoms with van der Waals surface area (Å²) in [6.07, 6.45) is 1.73. The minimum Gasteiger partial charge on any atom is -0.379 e. The van der Waals surface area contributed by atoms with Crippen LogP contribution >= 0.6 is 0 Å². The van der Waals surface area contributed by atoms with Crippen molar-refractivity contribution >= 4 is 33.1 Å². The molecule has 29 heavy (non-hydrogen) atoms. The molecule has 1 amide bonds. The van der Waals surface area contributed by atoms with Gasteiger partial charge in [-0.1, -0.05) is 6.07 Å². The Morgan fingerprint density at radius 3 is 2.66 bits per heavy atom. The summed E-state index contributed by atoms with van der Waals surface area (Å²) >= 11 is 0. The summed E-state index contributed by atoms with van der Waals surface area (Å²) in [5, 5.41) is 21.7. The van der Waals surface area contributed by atoms with Gasteiger partial charge in [0.1, 0.15) is 11.5 Å². The molecule has 156 valence electrons. The van der Waals surface area contributed by atoms with Crippen LogP contribution < -0.4 is 20.7 Å². The highest BCUT2D eigenvalue weighted by Gasteiger charge is 2.19. The van der Waals surface area contributed by atoms with E-state index in [1.165, 1.54) is 6.07 Å². The summed E-state index contributed by atoms with van der Waals surface area (Å²) < 4.78 is 22.7. The van der Waals surface area contributed by atoms with Gasteiger partial charge >= 0.3 is 0 Å². The first-order valence-corrected chi connectivity index (χ1v) is 10.1. The van der Waals surface area contributed by atoms with E-state index in [4.69, 9.17) is 5.14 Å². The smallest absolute Gasteiger partial charge is 0.293 e. The van der Waals surface area contributed by atoms with Crippen molar-refractivity contribution in [3.8, 4) is 0 Å². The zero-order chi connectivity index (χ0) is 21.6. The van der Waals surface area contributed by atoms with Gasteiger partial charge in [0.05, 0.1) is 9.82 Å². The van der Waals surface area contributed by atoms with Crippen LogP contribution in [0.15, 0.2) is 41.4 Å². The predicted octanol–water partition coefficient (Wildman–Crippen LogP) is 0.822. The van der Waals surface area contributed by atoms with E-state index in [0.29, 0.717) is 6.54 Å². The minimum absolute atomic E-state index is 0.0612. The highest BCUT2D eigenvalue weighted by atomic mass is 32.2. The van der Waals surface area contributed by atoms with Crippen molar-refractivity contribution in [3.63, 3.8) is 0 Å². The zero-order valence-corrected chi connectivity index (χ0v) is 16.8. The molecule has 0 saturated heterocycles. The van der Waals surface area contributed by atoms with Crippen molar-refractivity contribution in [1.82, 2.24) is 10.3 Å². The van der Waals surface area contributed by atoms with E-state index in [9.17, 15) is 23.3 Å². The molecule has 0 spiro atoms. The zero-order valence-electron chi connectivity index (χ0n) is 16.0. The van der Waals surface area contributed by atoms with Crippen LogP contribution in [0.3, 0.4) is 0 Å². The number of nitro groups is 1. The van der Waals surface area contributed by atoms with Crippen LogP contribution in [0.4, 0.5) is 17.2 Å². The number of hydrogen-bond acceptors (Lipinski definition) is 8. The SMILES string of the molecule is CN(C)c1ncccc1CNC(=O)CCNc1ccc(S(N)(=O)=O)cc1[N+](=O)[O-]. The van der Waals surface area contributed by atoms with E-state index in [-0.39, 0.29) is 29.5 Å². The second kappa shape index (κ2) is 9.30. The van der Waals surface area contributed by atoms with E-state index in [2.05, 4.69) is 15.6 Å². The number of primary sulfonamides is 1. The lowest BCUT2D eigenvalue weighted by Gasteiger charge is -2.16. The molecule has 12 heteroatoms. The van der Waals surface area contributed by atoms with Crippen molar-refractivity contribution in [3.05, 3.63) is 52.2 Å². The summed E-state index contributed by atoms with van der Waals surface area (Å²) in [4.78, 5) is 28.3. The fraction of sp³-hybridized carbons (Fsp3) is 0.294. The van der Waals surface area contributed by atoms with E-state index in [1.54, 1.807) is 12.3 Å². The third-order valence-corrected chi connectivity index (χ3v) is 4.84. The molecule has 1 aromatic heterocycles. The van der Waals surface area contributed by atoms with Gasteiger partial charge in [0.15, 0.2) is 0 Å². The lowest BCUT2D eigenvalue weighted by molar-refractivity contribution is -0.384. The standard InChI is InChI=1S/C17H22N6O5S/c1-22(2)17-12(4-3-8-20-17)11-21-16(24)7-9-19-14-6-5-13(29(18,27)28)10-15(14)23(25)26/h3-6,8,10,19H,7,9,11H2,1-2H3,(H,21,24)(H2,18,27,28). The first-order chi connectivity index (χ1) is 13.6. The van der Waals surface area contributed by atoms with Crippen LogP contribution in [0, 0.1) is 10.1 Å². The Labute approximate surface area is 168 Å². The number of anilines is 2. The number of nitrogens with zero attached hydrogens (tertiary/aromatic N) is 3. The van der Waals surface area contributed by atoms with Gasteiger partial charge in [-0.05, 0) is 18.2 Å². The number of sulfonamides is 1. The number of amides is 1. The average molecular weight is 422 g/mol. The Morgan fingerprint density at radius 1 is 1.31 bits per heavy atom. The molecule has 2 aromatic rings. The van der Waals surface area contributed by atoms with E-state index < -0.39 is 20.6 Å². The number of nitrogens with one attached hydrogen (secondary N) is 2. The van der Waals surface area contributed by atoms with Gasteiger partial charge < -0.3 is 15.5 Å². The van der Waals surface area contributed by atoms with Crippen molar-refractivity contribution in [2.75, 3.05) is 30.9 Å². The summed E-state index contributed by atoms with van der Waals surface area (Å²) in [5.74, 6) is 0.492. The maximum atomic E-state index is 12.1. The predicted molar refractivity (Wildman–Crippen MR) is 108 cm³/mol. The van der Waals surface area contributed by atoms with Crippen LogP contribution in [-0.4, -0.2) is 44.9 Å². The Kier molecular flexibility index (Phi) is 7.07. The number of aromatic nitrogens is 1. The Bertz CT molecular complexity index is 1010. The van der Waals surface area contributed by atoms with Gasteiger partial charge in [-0.15, -0.1) is 0 Å². The number of hydrogen-bond donors (Lipinski definition) is 3. The second-order valence-electron chi connectivity index (χ2n) is 6.32. The number of carbonyl (C=O) groups is 1. The summed E-state index contributed by atoms with van der Waals surface area (Å²) in [5.41, 5.74) is 0.508. The number of nitrogens with two attached hydrogens (primary N) is 1. The molecule has 1 heterocycles. The molecule has 0 atom stereocenters. The Hall–Kier alpha value is -3.25. The van der Waals surface area contributed by atoms with Gasteiger partial charge in [0, 0.05) is 51.4 Å². The molecule has 11 nitrogen and oxygen atoms in total. The van der Waals surface area contributed by atoms with Crippen LogP contribution in [-0.2, 0) is 21.4 Å². The van der Waals surface area contributed by atoms with E-state index >= 15 is 0 Å². The highest BCUT2D eigenvalue weighted by molar-refractivity contribution is 7.89. The molecule has 0 bridgehead atoms. The lowest BCUT2D eigenvalue weighted by Crippen LogP contribution is -2.26. The summed E-state index contributed by atoms with van der Waals surface area (Å²) in [7, 11) is -0.352. The molecule has 4 N–H and O–H groups in total. The molecular weight excluding hydrogens is 400 g/mol. The molecular formula is C17H22N6O5S. The molecule has 0 aliphatic heterocycles. The van der Waals surface area contributed by atoms with Gasteiger partial charge in [-0.25, -0.2) is 18.5 Å². The largest absolute Gasteiger partial charge is 0.379 e. The maximum absolute atomic E-state index is 12.1. The summed E-state index contributed by atoms with van der Waals surface area (Å²) in [6, 6.07) is 6.92. The fourth-order valence-corrected chi connectivity index (χ4v) is 3.09. The molecule has 0 fully saturated rings. The maximum Gasteiger partial charge on any atom is 0.293 e. The molecule has 2 rings (SSSR count). The third kappa shape index (κ3) is 6.12. The Morgan fingerprint density at radius 2 is 2.03 bits per heavy atom. The first-order valence-electron chi connectivity index (χ1n) is 8.52. The van der Waals surface area contributed by atoms with Crippen LogP contribution in [0.2, 0.25) is 0 Å². The van der Waals surface area contributed by atoms with Gasteiger partial charge in [0.2, 0.25) is 15.9 Å². The second-order valence-corrected chi connectivity index (χ2v) is 7.88. The number of benzene rings is 1. The lowest BCUT2D eigenvalue weighted by atomic mass is 10.2. The first kappa shape index (κ1) is 22.0. The molecule has 0 radical (unpaired) electrons. The Balaban J connectivity index is 1.95. The van der Waals surface area contributed by atoms with E-state index in [1.807, 2.05) is 25.1 Å². The average Bonchev–Trinajstić information content (AvgIpc) is 2.65. The van der Waals surface area contributed by atoms with Crippen LogP contribution in [0.5, 0.6) is 0 Å². The van der Waals surface area contributed by atoms with Crippen LogP contribution in [0.25, 0.3) is 0 Å². The summed E-state index contributed by atoms with van der Waals surface area (Å²) in [6.45, 7) is 0.415. The van der Waals surface area contributed by atoms with Gasteiger partial charge in [-0.2, -0.15) is 0 Å². The van der Waals surface area contributed by atoms with Gasteiger partial charge in [0.25, 0.3) is 5.69 Å². The molecule has 0 unspecified atom stereocenters. The van der Waals surface area contributed by atoms with Gasteiger partial charge in [-0.3, -0.25) is 14.9 Å². The quantitative estimate of drug-likeness (QED) is 0.395.